The summed E-state index contributed by atoms with van der Waals surface area (Å²) in [6.07, 6.45) is 0. The second kappa shape index (κ2) is 32.9. The lowest BCUT2D eigenvalue weighted by Gasteiger charge is -2.20. The average Bonchev–Trinajstić information content (AvgIpc) is 1.52. The first-order chi connectivity index (χ1) is 51.7. The predicted octanol–water partition coefficient (Wildman–Crippen LogP) is 25.3. The SMILES string of the molecule is CC(C)(Br)C(=O)Oc1ccc(-[s+]2c3ccccc3c(=O)c3ccccc32)cc1.CC(C)(Br)C(=O)Oc1cccc(-[s+]2c3ccccc3c3ccccc32)c1.CC(C)(Br)C(=O)Oc1cccc([S+]2c3ccccc3Oc3ccccc32)c1.CC(C)(Br)C(=O)Oc1cccc([S+]2c3ccccc3Sc3ccccc32)c1. The largest absolute Gasteiger partial charge is 0.447 e. The van der Waals surface area contributed by atoms with Crippen molar-refractivity contribution in [3.63, 3.8) is 0 Å². The summed E-state index contributed by atoms with van der Waals surface area (Å²) in [5, 5.41) is 4.08. The zero-order valence-corrected chi connectivity index (χ0v) is 70.3. The second-order valence-corrected chi connectivity index (χ2v) is 43.7. The van der Waals surface area contributed by atoms with Crippen molar-refractivity contribution in [3.05, 3.63) is 301 Å². The van der Waals surface area contributed by atoms with Crippen molar-refractivity contribution in [1.29, 1.82) is 0 Å². The molecular weight excluding hydrogens is 1710 g/mol. The van der Waals surface area contributed by atoms with E-state index in [9.17, 15) is 24.0 Å². The highest BCUT2D eigenvalue weighted by molar-refractivity contribution is 9.10. The van der Waals surface area contributed by atoms with Crippen LogP contribution in [0.2, 0.25) is 0 Å². The third-order valence-electron chi connectivity index (χ3n) is 16.9. The molecule has 0 radical (unpaired) electrons. The molecule has 542 valence electrons. The molecule has 0 saturated carbocycles. The minimum absolute atomic E-state index is 0.0695. The van der Waals surface area contributed by atoms with E-state index in [0.717, 1.165) is 61.0 Å². The van der Waals surface area contributed by atoms with Crippen LogP contribution in [0.15, 0.2) is 335 Å². The lowest BCUT2D eigenvalue weighted by Crippen LogP contribution is -2.29. The van der Waals surface area contributed by atoms with Gasteiger partial charge in [-0.25, -0.2) is 0 Å². The maximum absolute atomic E-state index is 12.9. The number of hydrogen-bond donors (Lipinski definition) is 0. The molecule has 0 atom stereocenters. The number of carbonyl (C=O) groups excluding carboxylic acids is 4. The highest BCUT2D eigenvalue weighted by Gasteiger charge is 2.41. The number of carbonyl (C=O) groups is 4. The van der Waals surface area contributed by atoms with Gasteiger partial charge in [-0.15, -0.1) is 0 Å². The molecule has 14 aromatic rings. The lowest BCUT2D eigenvalue weighted by molar-refractivity contribution is -0.136. The third-order valence-corrected chi connectivity index (χ3v) is 28.8. The minimum atomic E-state index is -0.741. The van der Waals surface area contributed by atoms with Gasteiger partial charge in [0.15, 0.2) is 59.7 Å². The van der Waals surface area contributed by atoms with E-state index < -0.39 is 17.3 Å². The van der Waals surface area contributed by atoms with Crippen molar-refractivity contribution >= 4 is 182 Å². The first kappa shape index (κ1) is 77.6. The van der Waals surface area contributed by atoms with E-state index in [1.807, 2.05) is 163 Å². The Bertz CT molecular complexity index is 5440. The van der Waals surface area contributed by atoms with Crippen LogP contribution in [0.1, 0.15) is 55.4 Å². The molecule has 0 bridgehead atoms. The maximum atomic E-state index is 12.9. The van der Waals surface area contributed by atoms with E-state index in [4.69, 9.17) is 23.7 Å². The molecule has 0 spiro atoms. The number of esters is 4. The topological polar surface area (TPSA) is 132 Å². The molecule has 0 N–H and O–H groups in total. The Hall–Kier alpha value is -8.60. The highest BCUT2D eigenvalue weighted by Crippen LogP contribution is 2.52. The molecule has 0 fully saturated rings. The molecule has 19 heteroatoms. The Balaban J connectivity index is 0.000000127. The van der Waals surface area contributed by atoms with Crippen LogP contribution in [0.4, 0.5) is 0 Å². The number of ether oxygens (including phenoxy) is 5. The van der Waals surface area contributed by atoms with Gasteiger partial charge in [-0.2, -0.15) is 0 Å². The van der Waals surface area contributed by atoms with Gasteiger partial charge < -0.3 is 23.7 Å². The molecule has 2 aromatic heterocycles. The zero-order valence-electron chi connectivity index (χ0n) is 59.8. The van der Waals surface area contributed by atoms with Crippen molar-refractivity contribution in [1.82, 2.24) is 0 Å². The summed E-state index contributed by atoms with van der Waals surface area (Å²) in [4.78, 5) is 73.5. The Labute approximate surface area is 676 Å². The summed E-state index contributed by atoms with van der Waals surface area (Å²) in [5.41, 5.74) is 0.0695. The number of benzene rings is 12. The number of rotatable bonds is 12. The molecule has 0 amide bonds. The molecule has 12 aromatic carbocycles. The van der Waals surface area contributed by atoms with E-state index in [1.165, 1.54) is 39.8 Å². The number of alkyl halides is 4. The van der Waals surface area contributed by atoms with Gasteiger partial charge in [0.05, 0.1) is 20.6 Å². The van der Waals surface area contributed by atoms with Crippen LogP contribution in [-0.4, -0.2) is 41.2 Å². The van der Waals surface area contributed by atoms with Gasteiger partial charge in [0.1, 0.15) is 62.1 Å². The fraction of sp³-hybridized carbons (Fsp3) is 0.135. The summed E-state index contributed by atoms with van der Waals surface area (Å²) < 4.78 is 30.1. The van der Waals surface area contributed by atoms with Gasteiger partial charge in [0.2, 0.25) is 15.2 Å². The minimum Gasteiger partial charge on any atom is -0.447 e. The molecule has 2 aliphatic heterocycles. The molecule has 108 heavy (non-hydrogen) atoms. The lowest BCUT2D eigenvalue weighted by atomic mass is 10.2. The summed E-state index contributed by atoms with van der Waals surface area (Å²) in [6.45, 7) is 14.2. The van der Waals surface area contributed by atoms with Crippen LogP contribution in [0.3, 0.4) is 0 Å². The van der Waals surface area contributed by atoms with Crippen LogP contribution in [0.25, 0.3) is 50.1 Å². The number of fused-ring (bicyclic) bond motifs is 9. The normalized spacial score (nSPS) is 12.6. The van der Waals surface area contributed by atoms with Crippen molar-refractivity contribution < 1.29 is 42.9 Å². The quantitative estimate of drug-likeness (QED) is 0.0381. The number of thiophene rings is 1. The molecule has 0 aliphatic carbocycles. The smallest absolute Gasteiger partial charge is 0.327 e. The standard InChI is InChI=1S/C23H18BrO3S.C22H18BrO3S.C22H18BrO2S2.C22H18BrO2S/c1-23(2,24)22(26)27-15-11-13-16(14-12-15)28-19-9-5-3-7-17(19)21(25)18-8-4-6-10-20(18)28;2*1-22(2,23)21(24)25-15-8-7-9-16(14-15)27-19-12-5-3-10-17(19)26-18-11-4-6-13-20(18)27;1-22(2,23)21(24)25-15-8-7-9-16(14-15)26-19-12-5-3-10-17(19)18-11-4-6-13-20(18)26/h3-14H,1-2H3;2*3-14H,1-2H3;3-14H,1-2H3/q4*+1. The van der Waals surface area contributed by atoms with Gasteiger partial charge in [0.25, 0.3) is 0 Å². The Morgan fingerprint density at radius 2 is 0.602 bits per heavy atom. The Kier molecular flexibility index (Phi) is 23.6. The van der Waals surface area contributed by atoms with Gasteiger partial charge in [0, 0.05) is 62.0 Å². The maximum Gasteiger partial charge on any atom is 0.327 e. The van der Waals surface area contributed by atoms with Gasteiger partial charge in [-0.05, 0) is 201 Å². The van der Waals surface area contributed by atoms with Gasteiger partial charge >= 0.3 is 23.9 Å². The van der Waals surface area contributed by atoms with Crippen LogP contribution < -0.4 is 29.1 Å². The van der Waals surface area contributed by atoms with E-state index in [0.29, 0.717) is 23.0 Å². The Morgan fingerprint density at radius 1 is 0.306 bits per heavy atom. The highest BCUT2D eigenvalue weighted by atomic mass is 79.9. The van der Waals surface area contributed by atoms with Crippen LogP contribution >= 0.6 is 96.4 Å². The second-order valence-electron chi connectivity index (χ2n) is 26.9. The van der Waals surface area contributed by atoms with Crippen molar-refractivity contribution in [3.8, 4) is 44.3 Å². The summed E-state index contributed by atoms with van der Waals surface area (Å²) >= 11 is 15.2. The number of halogens is 4. The Morgan fingerprint density at radius 3 is 1.00 bits per heavy atom. The van der Waals surface area contributed by atoms with E-state index in [-0.39, 0.29) is 72.0 Å². The summed E-state index contributed by atoms with van der Waals surface area (Å²) in [6, 6.07) is 96.9. The number of hydrogen-bond acceptors (Lipinski definition) is 11. The van der Waals surface area contributed by atoms with Crippen molar-refractivity contribution in [2.45, 2.75) is 112 Å². The predicted molar refractivity (Wildman–Crippen MR) is 459 cm³/mol. The monoisotopic (exact) mass is 1780 g/mol. The van der Waals surface area contributed by atoms with Gasteiger partial charge in [-0.1, -0.05) is 191 Å². The molecular formula is C89H72Br4O10S5+4. The number of para-hydroxylation sites is 2. The fourth-order valence-electron chi connectivity index (χ4n) is 11.6. The van der Waals surface area contributed by atoms with Crippen LogP contribution in [0, 0.1) is 0 Å². The van der Waals surface area contributed by atoms with E-state index in [1.54, 1.807) is 67.5 Å². The van der Waals surface area contributed by atoms with Crippen LogP contribution in [0.5, 0.6) is 34.5 Å². The molecule has 0 unspecified atom stereocenters. The van der Waals surface area contributed by atoms with Crippen molar-refractivity contribution in [2.75, 3.05) is 0 Å². The molecule has 10 nitrogen and oxygen atoms in total. The first-order valence-corrected chi connectivity index (χ1v) is 43.2. The molecule has 0 saturated heterocycles. The van der Waals surface area contributed by atoms with E-state index >= 15 is 0 Å². The third kappa shape index (κ3) is 17.5. The molecule has 2 aliphatic rings. The molecule has 16 rings (SSSR count). The first-order valence-electron chi connectivity index (χ1n) is 34.3. The average molecular weight is 1780 g/mol. The van der Waals surface area contributed by atoms with Crippen LogP contribution in [-0.2, 0) is 41.0 Å². The van der Waals surface area contributed by atoms with Gasteiger partial charge in [-0.3, -0.25) is 24.0 Å². The zero-order chi connectivity index (χ0) is 76.2. The van der Waals surface area contributed by atoms with E-state index in [2.05, 4.69) is 191 Å². The summed E-state index contributed by atoms with van der Waals surface area (Å²) in [5.74, 6) is 2.65. The summed E-state index contributed by atoms with van der Waals surface area (Å²) in [7, 11) is -1.14. The van der Waals surface area contributed by atoms with Crippen molar-refractivity contribution in [2.24, 2.45) is 0 Å². The fourth-order valence-corrected chi connectivity index (χ4v) is 22.7. The molecule has 4 heterocycles.